The molecule has 140 valence electrons. The van der Waals surface area contributed by atoms with Crippen molar-refractivity contribution in [3.8, 4) is 23.0 Å². The molecule has 1 heterocycles. The fourth-order valence-corrected chi connectivity index (χ4v) is 2.85. The maximum atomic E-state index is 13.6. The fourth-order valence-electron chi connectivity index (χ4n) is 2.73. The van der Waals surface area contributed by atoms with Crippen LogP contribution in [0.25, 0.3) is 11.1 Å². The first-order chi connectivity index (χ1) is 13.2. The molecule has 0 atom stereocenters. The molecular formula is C23H22ClFO2. The molecule has 1 aliphatic rings. The normalized spacial score (nSPS) is 19.7. The molecule has 1 aliphatic heterocycles. The van der Waals surface area contributed by atoms with Crippen molar-refractivity contribution in [2.24, 2.45) is 5.92 Å². The first kappa shape index (κ1) is 19.6. The van der Waals surface area contributed by atoms with Gasteiger partial charge in [-0.3, -0.25) is 0 Å². The molecule has 0 aliphatic carbocycles. The molecule has 0 saturated carbocycles. The van der Waals surface area contributed by atoms with Gasteiger partial charge in [-0.2, -0.15) is 0 Å². The Labute approximate surface area is 165 Å². The molecular weight excluding hydrogens is 363 g/mol. The van der Waals surface area contributed by atoms with Crippen LogP contribution in [0.4, 0.5) is 4.39 Å². The minimum atomic E-state index is -0.495. The molecule has 0 unspecified atom stereocenters. The highest BCUT2D eigenvalue weighted by Crippen LogP contribution is 2.24. The summed E-state index contributed by atoms with van der Waals surface area (Å²) in [5.41, 5.74) is 2.53. The Morgan fingerprint density at radius 1 is 1.11 bits per heavy atom. The second-order valence-electron chi connectivity index (χ2n) is 6.45. The summed E-state index contributed by atoms with van der Waals surface area (Å²) in [7, 11) is 0. The summed E-state index contributed by atoms with van der Waals surface area (Å²) >= 11 is 5.73. The Kier molecular flexibility index (Phi) is 7.06. The molecule has 0 bridgehead atoms. The fraction of sp³-hybridized carbons (Fsp3) is 0.304. The van der Waals surface area contributed by atoms with E-state index in [1.807, 2.05) is 24.3 Å². The van der Waals surface area contributed by atoms with Crippen LogP contribution < -0.4 is 0 Å². The molecule has 1 fully saturated rings. The van der Waals surface area contributed by atoms with Gasteiger partial charge in [-0.1, -0.05) is 61.2 Å². The van der Waals surface area contributed by atoms with Crippen molar-refractivity contribution in [3.63, 3.8) is 0 Å². The molecule has 1 saturated heterocycles. The van der Waals surface area contributed by atoms with Gasteiger partial charge in [0, 0.05) is 11.5 Å². The summed E-state index contributed by atoms with van der Waals surface area (Å²) in [5, 5.41) is 0.122. The molecule has 0 aromatic heterocycles. The molecule has 0 radical (unpaired) electrons. The van der Waals surface area contributed by atoms with Gasteiger partial charge in [0.2, 0.25) is 6.29 Å². The van der Waals surface area contributed by atoms with Crippen LogP contribution in [0.3, 0.4) is 0 Å². The van der Waals surface area contributed by atoms with Crippen LogP contribution in [0.2, 0.25) is 5.02 Å². The number of rotatable bonds is 4. The van der Waals surface area contributed by atoms with Crippen molar-refractivity contribution in [2.45, 2.75) is 26.1 Å². The zero-order chi connectivity index (χ0) is 19.1. The molecule has 4 heteroatoms. The van der Waals surface area contributed by atoms with Crippen LogP contribution >= 0.6 is 11.6 Å². The highest BCUT2D eigenvalue weighted by Gasteiger charge is 2.18. The van der Waals surface area contributed by atoms with Crippen LogP contribution in [0.15, 0.2) is 54.6 Å². The Hall–Kier alpha value is -2.12. The number of ether oxygens (including phenoxy) is 2. The van der Waals surface area contributed by atoms with Gasteiger partial charge in [0.05, 0.1) is 18.2 Å². The first-order valence-electron chi connectivity index (χ1n) is 9.12. The van der Waals surface area contributed by atoms with Crippen molar-refractivity contribution < 1.29 is 13.9 Å². The summed E-state index contributed by atoms with van der Waals surface area (Å²) in [6, 6.07) is 12.4. The van der Waals surface area contributed by atoms with Crippen LogP contribution in [-0.2, 0) is 9.47 Å². The van der Waals surface area contributed by atoms with Gasteiger partial charge in [-0.25, -0.2) is 4.39 Å². The second-order valence-corrected chi connectivity index (χ2v) is 6.86. The quantitative estimate of drug-likeness (QED) is 0.486. The lowest BCUT2D eigenvalue weighted by atomic mass is 10.0. The second kappa shape index (κ2) is 9.71. The van der Waals surface area contributed by atoms with E-state index >= 15 is 0 Å². The number of benzene rings is 2. The average molecular weight is 385 g/mol. The third kappa shape index (κ3) is 5.68. The highest BCUT2D eigenvalue weighted by molar-refractivity contribution is 6.30. The summed E-state index contributed by atoms with van der Waals surface area (Å²) in [6.07, 6.45) is 6.07. The van der Waals surface area contributed by atoms with E-state index in [4.69, 9.17) is 21.1 Å². The standard InChI is InChI=1S/C23H22ClFO2/c1-2-3-4-5-18-15-26-23(27-16-18)13-8-17-6-9-19(10-7-17)20-11-12-21(24)22(25)14-20/h4-7,9-12,14,18,23H,2-3,15-16H2,1H3/t18-,23-. The minimum Gasteiger partial charge on any atom is -0.341 e. The zero-order valence-corrected chi connectivity index (χ0v) is 16.0. The minimum absolute atomic E-state index is 0.122. The largest absolute Gasteiger partial charge is 0.341 e. The SMILES string of the molecule is CCCC=C[C@H]1CO[C@H](C#Cc2ccc(-c3ccc(Cl)c(F)c3)cc2)OC1. The van der Waals surface area contributed by atoms with E-state index in [0.29, 0.717) is 19.1 Å². The van der Waals surface area contributed by atoms with E-state index in [1.165, 1.54) is 6.07 Å². The number of unbranched alkanes of at least 4 members (excludes halogenated alkanes) is 1. The van der Waals surface area contributed by atoms with Crippen molar-refractivity contribution in [3.05, 3.63) is 71.0 Å². The highest BCUT2D eigenvalue weighted by atomic mass is 35.5. The van der Waals surface area contributed by atoms with Gasteiger partial charge < -0.3 is 9.47 Å². The first-order valence-corrected chi connectivity index (χ1v) is 9.50. The Morgan fingerprint density at radius 2 is 1.81 bits per heavy atom. The predicted molar refractivity (Wildman–Crippen MR) is 107 cm³/mol. The van der Waals surface area contributed by atoms with Gasteiger partial charge in [-0.15, -0.1) is 0 Å². The molecule has 0 amide bonds. The molecule has 27 heavy (non-hydrogen) atoms. The lowest BCUT2D eigenvalue weighted by molar-refractivity contribution is -0.160. The van der Waals surface area contributed by atoms with Gasteiger partial charge in [0.25, 0.3) is 0 Å². The predicted octanol–water partition coefficient (Wildman–Crippen LogP) is 5.84. The molecule has 3 rings (SSSR count). The molecule has 0 N–H and O–H groups in total. The third-order valence-corrected chi connectivity index (χ3v) is 4.57. The van der Waals surface area contributed by atoms with E-state index in [-0.39, 0.29) is 5.02 Å². The Balaban J connectivity index is 1.57. The number of hydrogen-bond acceptors (Lipinski definition) is 2. The van der Waals surface area contributed by atoms with E-state index in [2.05, 4.69) is 30.9 Å². The summed E-state index contributed by atoms with van der Waals surface area (Å²) in [5.74, 6) is 5.95. The summed E-state index contributed by atoms with van der Waals surface area (Å²) < 4.78 is 24.9. The van der Waals surface area contributed by atoms with E-state index < -0.39 is 12.1 Å². The van der Waals surface area contributed by atoms with Crippen molar-refractivity contribution >= 4 is 11.6 Å². The Morgan fingerprint density at radius 3 is 2.48 bits per heavy atom. The van der Waals surface area contributed by atoms with Gasteiger partial charge in [-0.05, 0) is 47.7 Å². The average Bonchev–Trinajstić information content (AvgIpc) is 2.70. The van der Waals surface area contributed by atoms with Crippen LogP contribution in [0.5, 0.6) is 0 Å². The maximum absolute atomic E-state index is 13.6. The van der Waals surface area contributed by atoms with Gasteiger partial charge in [0.1, 0.15) is 5.82 Å². The topological polar surface area (TPSA) is 18.5 Å². The number of halogens is 2. The van der Waals surface area contributed by atoms with Crippen LogP contribution in [0.1, 0.15) is 25.3 Å². The van der Waals surface area contributed by atoms with Gasteiger partial charge in [0.15, 0.2) is 0 Å². The molecule has 2 nitrogen and oxygen atoms in total. The zero-order valence-electron chi connectivity index (χ0n) is 15.3. The Bertz CT molecular complexity index is 841. The number of hydrogen-bond donors (Lipinski definition) is 0. The van der Waals surface area contributed by atoms with Gasteiger partial charge >= 0.3 is 0 Å². The van der Waals surface area contributed by atoms with Crippen molar-refractivity contribution in [2.75, 3.05) is 13.2 Å². The molecule has 2 aromatic rings. The van der Waals surface area contributed by atoms with Crippen molar-refractivity contribution in [1.29, 1.82) is 0 Å². The summed E-state index contributed by atoms with van der Waals surface area (Å²) in [6.45, 7) is 3.41. The number of allylic oxidation sites excluding steroid dienone is 1. The maximum Gasteiger partial charge on any atom is 0.222 e. The molecule has 0 spiro atoms. The van der Waals surface area contributed by atoms with E-state index in [0.717, 1.165) is 29.5 Å². The van der Waals surface area contributed by atoms with E-state index in [1.54, 1.807) is 12.1 Å². The third-order valence-electron chi connectivity index (χ3n) is 4.26. The lowest BCUT2D eigenvalue weighted by Crippen LogP contribution is -2.30. The van der Waals surface area contributed by atoms with E-state index in [9.17, 15) is 4.39 Å². The lowest BCUT2D eigenvalue weighted by Gasteiger charge is -2.24. The van der Waals surface area contributed by atoms with Crippen LogP contribution in [-0.4, -0.2) is 19.5 Å². The monoisotopic (exact) mass is 384 g/mol. The van der Waals surface area contributed by atoms with Crippen LogP contribution in [0, 0.1) is 23.6 Å². The smallest absolute Gasteiger partial charge is 0.222 e. The summed E-state index contributed by atoms with van der Waals surface area (Å²) in [4.78, 5) is 0. The molecule has 2 aromatic carbocycles. The van der Waals surface area contributed by atoms with Crippen molar-refractivity contribution in [1.82, 2.24) is 0 Å².